The highest BCUT2D eigenvalue weighted by molar-refractivity contribution is 14.2. The van der Waals surface area contributed by atoms with Gasteiger partial charge in [0.2, 0.25) is 0 Å². The maximum absolute atomic E-state index is 6.02. The fourth-order valence-corrected chi connectivity index (χ4v) is 2.51. The van der Waals surface area contributed by atoms with Crippen LogP contribution in [0.25, 0.3) is 0 Å². The van der Waals surface area contributed by atoms with Crippen LogP contribution in [0.5, 0.6) is 5.75 Å². The number of para-hydroxylation sites is 1. The highest BCUT2D eigenvalue weighted by Gasteiger charge is 2.13. The minimum atomic E-state index is -0.181. The lowest BCUT2D eigenvalue weighted by Crippen LogP contribution is -2.26. The minimum Gasteiger partial charge on any atom is -0.484 e. The van der Waals surface area contributed by atoms with E-state index in [0.717, 1.165) is 0 Å². The van der Waals surface area contributed by atoms with Gasteiger partial charge in [0.25, 0.3) is 0 Å². The molecule has 0 spiro atoms. The zero-order chi connectivity index (χ0) is 12.5. The normalized spacial score (nSPS) is 10.8. The minimum absolute atomic E-state index is 0.181. The molecule has 0 aliphatic heterocycles. The van der Waals surface area contributed by atoms with Gasteiger partial charge in [-0.2, -0.15) is 0 Å². The van der Waals surface area contributed by atoms with Crippen molar-refractivity contribution in [3.8, 4) is 5.75 Å². The molecule has 1 rings (SSSR count). The average molecular weight is 519 g/mol. The monoisotopic (exact) mass is 518 g/mol. The summed E-state index contributed by atoms with van der Waals surface area (Å²) in [6, 6.07) is 7.35. The summed E-state index contributed by atoms with van der Waals surface area (Å²) in [5.41, 5.74) is 0. The van der Waals surface area contributed by atoms with Crippen molar-refractivity contribution < 1.29 is 13.1 Å². The van der Waals surface area contributed by atoms with Gasteiger partial charge in [-0.3, -0.25) is 0 Å². The average Bonchev–Trinajstić information content (AvgIpc) is 2.35. The molecule has 0 bridgehead atoms. The van der Waals surface area contributed by atoms with Gasteiger partial charge in [-0.1, -0.05) is 23.7 Å². The number of hydrogen-bond donors (Lipinski definition) is 0. The lowest BCUT2D eigenvalue weighted by atomic mass is 10.3. The molecule has 0 aliphatic rings. The van der Waals surface area contributed by atoms with Crippen molar-refractivity contribution >= 4 is 72.4 Å². The summed E-state index contributed by atoms with van der Waals surface area (Å²) in [6.45, 7) is 0.881. The van der Waals surface area contributed by atoms with Crippen LogP contribution in [-0.2, 0) is 8.37 Å². The van der Waals surface area contributed by atoms with E-state index in [4.69, 9.17) is 24.7 Å². The van der Waals surface area contributed by atoms with Crippen LogP contribution in [-0.4, -0.2) is 19.3 Å². The molecule has 17 heavy (non-hydrogen) atoms. The molecule has 0 saturated carbocycles. The van der Waals surface area contributed by atoms with E-state index in [1.807, 2.05) is 18.2 Å². The Labute approximate surface area is 138 Å². The van der Waals surface area contributed by atoms with Gasteiger partial charge in [-0.05, 0) is 12.1 Å². The maximum Gasteiger partial charge on any atom is 0.148 e. The first-order valence-corrected chi connectivity index (χ1v) is 11.4. The van der Waals surface area contributed by atoms with Crippen LogP contribution in [0.2, 0.25) is 5.02 Å². The predicted molar refractivity (Wildman–Crippen MR) is 91.0 cm³/mol. The molecular formula is C9H9ClI2O3S2. The molecule has 0 N–H and O–H groups in total. The van der Waals surface area contributed by atoms with Crippen molar-refractivity contribution in [1.29, 1.82) is 0 Å². The van der Waals surface area contributed by atoms with Crippen molar-refractivity contribution in [1.82, 2.24) is 0 Å². The first-order chi connectivity index (χ1) is 8.27. The molecule has 0 unspecified atom stereocenters. The second kappa shape index (κ2) is 10.2. The van der Waals surface area contributed by atoms with E-state index in [-0.39, 0.29) is 6.10 Å². The Bertz CT molecular complexity index is 325. The van der Waals surface area contributed by atoms with Crippen LogP contribution in [0.4, 0.5) is 0 Å². The zero-order valence-corrected chi connectivity index (χ0v) is 15.2. The van der Waals surface area contributed by atoms with Gasteiger partial charge in [-0.15, -0.1) is 0 Å². The SMILES string of the molecule is Clc1ccccc1OC(COSI)COSI. The standard InChI is InChI=1S/C9H9ClI2O3S2/c10-8-3-1-2-4-9(8)15-7(5-13-16-11)6-14-17-12/h1-4,7H,5-6H2. The summed E-state index contributed by atoms with van der Waals surface area (Å²) in [6.07, 6.45) is -0.181. The zero-order valence-electron chi connectivity index (χ0n) is 8.48. The molecule has 0 aliphatic carbocycles. The lowest BCUT2D eigenvalue weighted by Gasteiger charge is -2.18. The predicted octanol–water partition coefficient (Wildman–Crippen LogP) is 5.12. The van der Waals surface area contributed by atoms with Gasteiger partial charge >= 0.3 is 0 Å². The molecule has 0 amide bonds. The van der Waals surface area contributed by atoms with E-state index < -0.39 is 0 Å². The third-order valence-corrected chi connectivity index (χ3v) is 4.02. The largest absolute Gasteiger partial charge is 0.484 e. The second-order valence-electron chi connectivity index (χ2n) is 2.87. The van der Waals surface area contributed by atoms with Crippen molar-refractivity contribution in [3.05, 3.63) is 29.3 Å². The van der Waals surface area contributed by atoms with E-state index in [0.29, 0.717) is 24.0 Å². The third-order valence-electron chi connectivity index (χ3n) is 1.73. The van der Waals surface area contributed by atoms with Crippen LogP contribution in [0, 0.1) is 0 Å². The molecule has 0 atom stereocenters. The Balaban J connectivity index is 2.55. The highest BCUT2D eigenvalue weighted by atomic mass is 127. The maximum atomic E-state index is 6.02. The van der Waals surface area contributed by atoms with Crippen LogP contribution < -0.4 is 4.74 Å². The van der Waals surface area contributed by atoms with Crippen LogP contribution in [0.1, 0.15) is 0 Å². The molecule has 0 fully saturated rings. The van der Waals surface area contributed by atoms with Crippen LogP contribution in [0.15, 0.2) is 24.3 Å². The van der Waals surface area contributed by atoms with Crippen molar-refractivity contribution in [2.45, 2.75) is 6.10 Å². The highest BCUT2D eigenvalue weighted by Crippen LogP contribution is 2.25. The molecule has 96 valence electrons. The molecule has 0 saturated heterocycles. The molecule has 1 aromatic carbocycles. The quantitative estimate of drug-likeness (QED) is 0.352. The van der Waals surface area contributed by atoms with Crippen LogP contribution in [0.3, 0.4) is 0 Å². The first kappa shape index (κ1) is 16.4. The summed E-state index contributed by atoms with van der Waals surface area (Å²) in [5.74, 6) is 0.642. The number of rotatable bonds is 8. The lowest BCUT2D eigenvalue weighted by molar-refractivity contribution is 0.0998. The van der Waals surface area contributed by atoms with Gasteiger partial charge in [0.05, 0.1) is 23.5 Å². The van der Waals surface area contributed by atoms with E-state index in [9.17, 15) is 0 Å². The Kier molecular flexibility index (Phi) is 9.88. The van der Waals surface area contributed by atoms with Gasteiger partial charge in [-0.25, -0.2) is 0 Å². The fourth-order valence-electron chi connectivity index (χ4n) is 1.04. The smallest absolute Gasteiger partial charge is 0.148 e. The van der Waals surface area contributed by atoms with Crippen molar-refractivity contribution in [2.75, 3.05) is 13.2 Å². The van der Waals surface area contributed by atoms with E-state index in [1.165, 1.54) is 18.4 Å². The Hall–Kier alpha value is 1.39. The number of ether oxygens (including phenoxy) is 1. The number of halogens is 3. The summed E-state index contributed by atoms with van der Waals surface area (Å²) < 4.78 is 16.2. The Morgan fingerprint density at radius 3 is 2.24 bits per heavy atom. The molecule has 0 heterocycles. The molecule has 8 heteroatoms. The van der Waals surface area contributed by atoms with Gasteiger partial charge in [0.1, 0.15) is 25.1 Å². The molecule has 1 aromatic rings. The van der Waals surface area contributed by atoms with Gasteiger partial charge in [0, 0.05) is 42.4 Å². The third kappa shape index (κ3) is 6.92. The van der Waals surface area contributed by atoms with Crippen molar-refractivity contribution in [3.63, 3.8) is 0 Å². The molecule has 3 nitrogen and oxygen atoms in total. The van der Waals surface area contributed by atoms with Crippen LogP contribution >= 0.6 is 72.4 Å². The van der Waals surface area contributed by atoms with Gasteiger partial charge in [0.15, 0.2) is 0 Å². The molecule has 0 radical (unpaired) electrons. The van der Waals surface area contributed by atoms with E-state index in [2.05, 4.69) is 42.4 Å². The first-order valence-electron chi connectivity index (χ1n) is 4.49. The fraction of sp³-hybridized carbons (Fsp3) is 0.333. The summed E-state index contributed by atoms with van der Waals surface area (Å²) in [4.78, 5) is 0. The van der Waals surface area contributed by atoms with Crippen molar-refractivity contribution in [2.24, 2.45) is 0 Å². The summed E-state index contributed by atoms with van der Waals surface area (Å²) in [5, 5.41) is 0.585. The molecule has 0 aromatic heterocycles. The summed E-state index contributed by atoms with van der Waals surface area (Å²) in [7, 11) is 2.54. The second-order valence-corrected chi connectivity index (χ2v) is 6.15. The Morgan fingerprint density at radius 1 is 1.12 bits per heavy atom. The van der Waals surface area contributed by atoms with E-state index in [1.54, 1.807) is 6.07 Å². The number of benzene rings is 1. The molecular weight excluding hydrogens is 509 g/mol. The van der Waals surface area contributed by atoms with E-state index >= 15 is 0 Å². The number of hydrogen-bond acceptors (Lipinski definition) is 5. The summed E-state index contributed by atoms with van der Waals surface area (Å²) >= 11 is 10.1. The topological polar surface area (TPSA) is 27.7 Å². The van der Waals surface area contributed by atoms with Gasteiger partial charge < -0.3 is 13.1 Å². The Morgan fingerprint density at radius 2 is 1.71 bits per heavy atom.